The molecule has 1 aromatic carbocycles. The van der Waals surface area contributed by atoms with Gasteiger partial charge >= 0.3 is 0 Å². The summed E-state index contributed by atoms with van der Waals surface area (Å²) in [5, 5.41) is 0. The molecule has 2 aromatic rings. The van der Waals surface area contributed by atoms with Crippen molar-refractivity contribution in [3.05, 3.63) is 54.0 Å². The summed E-state index contributed by atoms with van der Waals surface area (Å²) >= 11 is 0. The average Bonchev–Trinajstić information content (AvgIpc) is 3.08. The number of nitrogens with zero attached hydrogens (tertiary/aromatic N) is 2. The highest BCUT2D eigenvalue weighted by Crippen LogP contribution is 2.24. The van der Waals surface area contributed by atoms with Gasteiger partial charge in [-0.2, -0.15) is 0 Å². The molecule has 1 aliphatic heterocycles. The zero-order chi connectivity index (χ0) is 16.4. The van der Waals surface area contributed by atoms with E-state index in [1.165, 1.54) is 11.3 Å². The van der Waals surface area contributed by atoms with Gasteiger partial charge in [-0.1, -0.05) is 26.0 Å². The van der Waals surface area contributed by atoms with Gasteiger partial charge in [0.1, 0.15) is 0 Å². The lowest BCUT2D eigenvalue weighted by Crippen LogP contribution is -2.54. The molecule has 2 heterocycles. The smallest absolute Gasteiger partial charge is 0.289 e. The number of rotatable bonds is 3. The van der Waals surface area contributed by atoms with Crippen molar-refractivity contribution in [3.8, 4) is 0 Å². The largest absolute Gasteiger partial charge is 0.459 e. The third-order valence-corrected chi connectivity index (χ3v) is 4.52. The lowest BCUT2D eigenvalue weighted by Gasteiger charge is -2.40. The molecule has 3 rings (SSSR count). The Hall–Kier alpha value is -2.23. The van der Waals surface area contributed by atoms with E-state index in [1.54, 1.807) is 18.4 Å². The van der Waals surface area contributed by atoms with Crippen molar-refractivity contribution in [2.24, 2.45) is 0 Å². The van der Waals surface area contributed by atoms with E-state index in [-0.39, 0.29) is 11.9 Å². The molecule has 1 amide bonds. The quantitative estimate of drug-likeness (QED) is 0.866. The molecule has 0 N–H and O–H groups in total. The molecule has 0 bridgehead atoms. The fourth-order valence-corrected chi connectivity index (χ4v) is 3.12. The van der Waals surface area contributed by atoms with Gasteiger partial charge in [0, 0.05) is 31.4 Å². The number of amides is 1. The summed E-state index contributed by atoms with van der Waals surface area (Å²) in [4.78, 5) is 16.7. The van der Waals surface area contributed by atoms with Crippen LogP contribution < -0.4 is 4.90 Å². The Morgan fingerprint density at radius 3 is 2.70 bits per heavy atom. The van der Waals surface area contributed by atoms with Crippen molar-refractivity contribution < 1.29 is 9.21 Å². The molecule has 4 nitrogen and oxygen atoms in total. The minimum atomic E-state index is -0.0157. The summed E-state index contributed by atoms with van der Waals surface area (Å²) < 4.78 is 5.25. The first-order valence-electron chi connectivity index (χ1n) is 8.25. The zero-order valence-electron chi connectivity index (χ0n) is 14.0. The Balaban J connectivity index is 1.71. The van der Waals surface area contributed by atoms with Crippen LogP contribution in [0.3, 0.4) is 0 Å². The van der Waals surface area contributed by atoms with Crippen LogP contribution in [0.2, 0.25) is 0 Å². The Morgan fingerprint density at radius 2 is 2.04 bits per heavy atom. The number of hydrogen-bond donors (Lipinski definition) is 0. The topological polar surface area (TPSA) is 36.7 Å². The van der Waals surface area contributed by atoms with E-state index in [2.05, 4.69) is 49.9 Å². The summed E-state index contributed by atoms with van der Waals surface area (Å²) in [5.74, 6) is 0.930. The van der Waals surface area contributed by atoms with Gasteiger partial charge in [-0.15, -0.1) is 0 Å². The minimum Gasteiger partial charge on any atom is -0.459 e. The molecule has 23 heavy (non-hydrogen) atoms. The van der Waals surface area contributed by atoms with Crippen LogP contribution in [0.4, 0.5) is 5.69 Å². The third kappa shape index (κ3) is 3.26. The molecule has 1 atom stereocenters. The molecule has 0 aliphatic carbocycles. The van der Waals surface area contributed by atoms with Gasteiger partial charge in [0.05, 0.1) is 6.26 Å². The number of anilines is 1. The second kappa shape index (κ2) is 6.49. The number of benzene rings is 1. The standard InChI is InChI=1S/C19H24N2O2/c1-14(2)16-6-4-7-17(12-16)20-9-10-21(15(3)13-20)19(22)18-8-5-11-23-18/h4-8,11-12,14-15H,9-10,13H2,1-3H3. The van der Waals surface area contributed by atoms with Gasteiger partial charge < -0.3 is 14.2 Å². The lowest BCUT2D eigenvalue weighted by atomic mass is 10.0. The van der Waals surface area contributed by atoms with E-state index >= 15 is 0 Å². The maximum absolute atomic E-state index is 12.5. The maximum atomic E-state index is 12.5. The zero-order valence-corrected chi connectivity index (χ0v) is 14.0. The van der Waals surface area contributed by atoms with Gasteiger partial charge in [-0.3, -0.25) is 4.79 Å². The van der Waals surface area contributed by atoms with Gasteiger partial charge in [-0.05, 0) is 42.7 Å². The predicted molar refractivity (Wildman–Crippen MR) is 92.0 cm³/mol. The van der Waals surface area contributed by atoms with Crippen LogP contribution in [0.1, 0.15) is 42.8 Å². The van der Waals surface area contributed by atoms with Crippen molar-refractivity contribution in [1.29, 1.82) is 0 Å². The summed E-state index contributed by atoms with van der Waals surface area (Å²) in [5.41, 5.74) is 2.59. The molecular formula is C19H24N2O2. The first-order valence-corrected chi connectivity index (χ1v) is 8.25. The Morgan fingerprint density at radius 1 is 1.22 bits per heavy atom. The molecule has 1 saturated heterocycles. The summed E-state index contributed by atoms with van der Waals surface area (Å²) in [6.45, 7) is 8.92. The average molecular weight is 312 g/mol. The normalized spacial score (nSPS) is 18.5. The molecule has 1 fully saturated rings. The SMILES string of the molecule is CC(C)c1cccc(N2CCN(C(=O)c3ccco3)C(C)C2)c1. The molecule has 1 aliphatic rings. The first-order chi connectivity index (χ1) is 11.1. The molecule has 0 saturated carbocycles. The molecular weight excluding hydrogens is 288 g/mol. The van der Waals surface area contributed by atoms with Crippen LogP contribution in [0.5, 0.6) is 0 Å². The third-order valence-electron chi connectivity index (χ3n) is 4.52. The van der Waals surface area contributed by atoms with E-state index in [0.717, 1.165) is 13.1 Å². The van der Waals surface area contributed by atoms with Crippen LogP contribution in [-0.2, 0) is 0 Å². The molecule has 1 unspecified atom stereocenters. The van der Waals surface area contributed by atoms with Crippen LogP contribution in [0.25, 0.3) is 0 Å². The second-order valence-electron chi connectivity index (χ2n) is 6.52. The monoisotopic (exact) mass is 312 g/mol. The van der Waals surface area contributed by atoms with Crippen LogP contribution in [0.15, 0.2) is 47.1 Å². The molecule has 0 radical (unpaired) electrons. The van der Waals surface area contributed by atoms with E-state index in [0.29, 0.717) is 18.2 Å². The van der Waals surface area contributed by atoms with Crippen LogP contribution in [-0.4, -0.2) is 36.5 Å². The van der Waals surface area contributed by atoms with E-state index in [4.69, 9.17) is 4.42 Å². The molecule has 1 aromatic heterocycles. The predicted octanol–water partition coefficient (Wildman–Crippen LogP) is 3.75. The Kier molecular flexibility index (Phi) is 4.42. The van der Waals surface area contributed by atoms with Gasteiger partial charge in [0.15, 0.2) is 5.76 Å². The van der Waals surface area contributed by atoms with E-state index < -0.39 is 0 Å². The highest BCUT2D eigenvalue weighted by atomic mass is 16.3. The van der Waals surface area contributed by atoms with Gasteiger partial charge in [-0.25, -0.2) is 0 Å². The fraction of sp³-hybridized carbons (Fsp3) is 0.421. The molecule has 122 valence electrons. The summed E-state index contributed by atoms with van der Waals surface area (Å²) in [6.07, 6.45) is 1.55. The fourth-order valence-electron chi connectivity index (χ4n) is 3.12. The van der Waals surface area contributed by atoms with Crippen molar-refractivity contribution in [3.63, 3.8) is 0 Å². The number of carbonyl (C=O) groups excluding carboxylic acids is 1. The highest BCUT2D eigenvalue weighted by Gasteiger charge is 2.29. The molecule has 4 heteroatoms. The van der Waals surface area contributed by atoms with Gasteiger partial charge in [0.2, 0.25) is 0 Å². The van der Waals surface area contributed by atoms with Crippen molar-refractivity contribution in [2.45, 2.75) is 32.7 Å². The van der Waals surface area contributed by atoms with E-state index in [9.17, 15) is 4.79 Å². The number of hydrogen-bond acceptors (Lipinski definition) is 3. The maximum Gasteiger partial charge on any atom is 0.289 e. The Bertz CT molecular complexity index is 664. The summed E-state index contributed by atoms with van der Waals surface area (Å²) in [7, 11) is 0. The first kappa shape index (κ1) is 15.7. The highest BCUT2D eigenvalue weighted by molar-refractivity contribution is 5.91. The van der Waals surface area contributed by atoms with Crippen LogP contribution in [0, 0.1) is 0 Å². The number of furan rings is 1. The van der Waals surface area contributed by atoms with E-state index in [1.807, 2.05) is 4.90 Å². The number of carbonyl (C=O) groups is 1. The lowest BCUT2D eigenvalue weighted by molar-refractivity contribution is 0.0641. The molecule has 0 spiro atoms. The van der Waals surface area contributed by atoms with Crippen molar-refractivity contribution in [1.82, 2.24) is 4.90 Å². The van der Waals surface area contributed by atoms with Crippen molar-refractivity contribution >= 4 is 11.6 Å². The second-order valence-corrected chi connectivity index (χ2v) is 6.52. The van der Waals surface area contributed by atoms with Crippen LogP contribution >= 0.6 is 0 Å². The summed E-state index contributed by atoms with van der Waals surface area (Å²) in [6, 6.07) is 12.4. The van der Waals surface area contributed by atoms with Crippen molar-refractivity contribution in [2.75, 3.05) is 24.5 Å². The Labute approximate surface area is 137 Å². The van der Waals surface area contributed by atoms with Gasteiger partial charge in [0.25, 0.3) is 5.91 Å². The number of piperazine rings is 1. The minimum absolute atomic E-state index is 0.0157.